The number of imidazole rings is 1. The molecule has 3 nitrogen and oxygen atoms in total. The summed E-state index contributed by atoms with van der Waals surface area (Å²) >= 11 is 0. The van der Waals surface area contributed by atoms with E-state index in [4.69, 9.17) is 0 Å². The van der Waals surface area contributed by atoms with Crippen molar-refractivity contribution in [2.24, 2.45) is 0 Å². The lowest BCUT2D eigenvalue weighted by Crippen LogP contribution is -2.23. The first-order valence-electron chi connectivity index (χ1n) is 7.23. The summed E-state index contributed by atoms with van der Waals surface area (Å²) in [6.07, 6.45) is 8.58. The van der Waals surface area contributed by atoms with Gasteiger partial charge in [-0.1, -0.05) is 19.4 Å². The van der Waals surface area contributed by atoms with Crippen molar-refractivity contribution in [3.63, 3.8) is 0 Å². The Morgan fingerprint density at radius 2 is 2.26 bits per heavy atom. The van der Waals surface area contributed by atoms with Gasteiger partial charge in [0.05, 0.1) is 0 Å². The first-order chi connectivity index (χ1) is 9.38. The van der Waals surface area contributed by atoms with E-state index in [2.05, 4.69) is 46.2 Å². The molecular weight excluding hydrogens is 234 g/mol. The largest absolute Gasteiger partial charge is 0.312 e. The van der Waals surface area contributed by atoms with Crippen LogP contribution >= 0.6 is 0 Å². The van der Waals surface area contributed by atoms with Gasteiger partial charge in [-0.15, -0.1) is 0 Å². The van der Waals surface area contributed by atoms with E-state index in [1.165, 1.54) is 35.5 Å². The fourth-order valence-electron chi connectivity index (χ4n) is 2.71. The Morgan fingerprint density at radius 1 is 1.32 bits per heavy atom. The molecule has 0 fully saturated rings. The number of unbranched alkanes of at least 4 members (excludes halogenated alkanes) is 1. The van der Waals surface area contributed by atoms with E-state index in [9.17, 15) is 0 Å². The van der Waals surface area contributed by atoms with E-state index in [1.807, 2.05) is 6.20 Å². The number of nitrogens with zero attached hydrogens (tertiary/aromatic N) is 2. The molecule has 0 aliphatic carbocycles. The Kier molecular flexibility index (Phi) is 3.65. The molecule has 0 spiro atoms. The molecule has 3 heteroatoms. The molecule has 2 heterocycles. The van der Waals surface area contributed by atoms with E-state index >= 15 is 0 Å². The van der Waals surface area contributed by atoms with Crippen LogP contribution in [0.15, 0.2) is 30.6 Å². The van der Waals surface area contributed by atoms with Crippen molar-refractivity contribution in [1.82, 2.24) is 14.9 Å². The second-order valence-electron chi connectivity index (χ2n) is 5.20. The highest BCUT2D eigenvalue weighted by atomic mass is 15.1. The molecule has 0 amide bonds. The Hall–Kier alpha value is -1.61. The predicted octanol–water partition coefficient (Wildman–Crippen LogP) is 2.86. The first-order valence-corrected chi connectivity index (χ1v) is 7.23. The average Bonchev–Trinajstić information content (AvgIpc) is 2.93. The molecule has 0 bridgehead atoms. The van der Waals surface area contributed by atoms with Gasteiger partial charge in [0.2, 0.25) is 0 Å². The molecule has 0 radical (unpaired) electrons. The zero-order chi connectivity index (χ0) is 13.1. The Morgan fingerprint density at radius 3 is 3.16 bits per heavy atom. The maximum atomic E-state index is 4.49. The Bertz CT molecular complexity index is 557. The van der Waals surface area contributed by atoms with Crippen LogP contribution in [0.2, 0.25) is 0 Å². The normalized spacial score (nSPS) is 14.4. The average molecular weight is 255 g/mol. The van der Waals surface area contributed by atoms with Crippen molar-refractivity contribution in [2.45, 2.75) is 39.2 Å². The van der Waals surface area contributed by atoms with Crippen LogP contribution in [0, 0.1) is 0 Å². The minimum absolute atomic E-state index is 0.988. The lowest BCUT2D eigenvalue weighted by atomic mass is 10.0. The fraction of sp³-hybridized carbons (Fsp3) is 0.438. The van der Waals surface area contributed by atoms with Crippen LogP contribution in [0.4, 0.5) is 0 Å². The molecule has 0 atom stereocenters. The topological polar surface area (TPSA) is 29.9 Å². The fourth-order valence-corrected chi connectivity index (χ4v) is 2.71. The quantitative estimate of drug-likeness (QED) is 0.910. The maximum absolute atomic E-state index is 4.49. The van der Waals surface area contributed by atoms with E-state index in [0.29, 0.717) is 0 Å². The van der Waals surface area contributed by atoms with Crippen LogP contribution in [0.5, 0.6) is 0 Å². The van der Waals surface area contributed by atoms with Gasteiger partial charge in [0.25, 0.3) is 0 Å². The molecule has 1 N–H and O–H groups in total. The molecule has 19 heavy (non-hydrogen) atoms. The van der Waals surface area contributed by atoms with Crippen LogP contribution in [0.1, 0.15) is 36.7 Å². The molecule has 0 unspecified atom stereocenters. The maximum Gasteiger partial charge on any atom is 0.113 e. The minimum atomic E-state index is 0.988. The number of rotatable bonds is 4. The molecule has 1 aliphatic heterocycles. The van der Waals surface area contributed by atoms with Gasteiger partial charge in [-0.25, -0.2) is 4.98 Å². The van der Waals surface area contributed by atoms with Crippen LogP contribution in [0.25, 0.3) is 5.69 Å². The molecule has 1 aliphatic rings. The van der Waals surface area contributed by atoms with Crippen molar-refractivity contribution < 1.29 is 0 Å². The Balaban J connectivity index is 1.91. The number of fused-ring (bicyclic) bond motifs is 1. The molecule has 1 aromatic heterocycles. The molecular formula is C16H21N3. The summed E-state index contributed by atoms with van der Waals surface area (Å²) in [6, 6.07) is 6.80. The molecule has 0 saturated carbocycles. The summed E-state index contributed by atoms with van der Waals surface area (Å²) in [4.78, 5) is 4.49. The van der Waals surface area contributed by atoms with Gasteiger partial charge >= 0.3 is 0 Å². The first kappa shape index (κ1) is 12.4. The van der Waals surface area contributed by atoms with Gasteiger partial charge in [-0.05, 0) is 42.6 Å². The molecule has 100 valence electrons. The third-order valence-electron chi connectivity index (χ3n) is 3.83. The van der Waals surface area contributed by atoms with Gasteiger partial charge in [0.15, 0.2) is 0 Å². The number of benzene rings is 1. The molecule has 0 saturated heterocycles. The zero-order valence-electron chi connectivity index (χ0n) is 11.5. The highest BCUT2D eigenvalue weighted by Crippen LogP contribution is 2.20. The summed E-state index contributed by atoms with van der Waals surface area (Å²) in [7, 11) is 0. The number of aryl methyl sites for hydroxylation is 1. The second-order valence-corrected chi connectivity index (χ2v) is 5.20. The zero-order valence-corrected chi connectivity index (χ0v) is 11.5. The SMILES string of the molecule is CCCCc1nccn1-c1ccc2c(c1)CNCC2. The van der Waals surface area contributed by atoms with Gasteiger partial charge in [0.1, 0.15) is 5.82 Å². The van der Waals surface area contributed by atoms with Crippen LogP contribution < -0.4 is 5.32 Å². The third kappa shape index (κ3) is 2.56. The lowest BCUT2D eigenvalue weighted by molar-refractivity contribution is 0.642. The van der Waals surface area contributed by atoms with Crippen molar-refractivity contribution in [1.29, 1.82) is 0 Å². The third-order valence-corrected chi connectivity index (χ3v) is 3.83. The number of nitrogens with one attached hydrogen (secondary N) is 1. The summed E-state index contributed by atoms with van der Waals surface area (Å²) in [5, 5.41) is 3.44. The van der Waals surface area contributed by atoms with Crippen molar-refractivity contribution in [3.8, 4) is 5.69 Å². The van der Waals surface area contributed by atoms with Crippen LogP contribution in [-0.2, 0) is 19.4 Å². The second kappa shape index (κ2) is 5.57. The summed E-state index contributed by atoms with van der Waals surface area (Å²) in [5.74, 6) is 1.17. The summed E-state index contributed by atoms with van der Waals surface area (Å²) in [6.45, 7) is 4.30. The molecule has 3 rings (SSSR count). The smallest absolute Gasteiger partial charge is 0.113 e. The Labute approximate surface area is 114 Å². The minimum Gasteiger partial charge on any atom is -0.312 e. The van der Waals surface area contributed by atoms with Crippen molar-refractivity contribution in [3.05, 3.63) is 47.5 Å². The van der Waals surface area contributed by atoms with Crippen LogP contribution in [-0.4, -0.2) is 16.1 Å². The van der Waals surface area contributed by atoms with Gasteiger partial charge in [-0.2, -0.15) is 0 Å². The summed E-state index contributed by atoms with van der Waals surface area (Å²) < 4.78 is 2.23. The highest BCUT2D eigenvalue weighted by Gasteiger charge is 2.11. The number of hydrogen-bond acceptors (Lipinski definition) is 2. The van der Waals surface area contributed by atoms with Gasteiger partial charge in [0, 0.05) is 31.0 Å². The number of aromatic nitrogens is 2. The van der Waals surface area contributed by atoms with Crippen LogP contribution in [0.3, 0.4) is 0 Å². The standard InChI is InChI=1S/C16H21N3/c1-2-3-4-16-18-9-10-19(16)15-6-5-13-7-8-17-12-14(13)11-15/h5-6,9-11,17H,2-4,7-8,12H2,1H3. The van der Waals surface area contributed by atoms with Crippen molar-refractivity contribution >= 4 is 0 Å². The van der Waals surface area contributed by atoms with Gasteiger partial charge in [-0.3, -0.25) is 0 Å². The molecule has 2 aromatic rings. The lowest BCUT2D eigenvalue weighted by Gasteiger charge is -2.18. The number of hydrogen-bond donors (Lipinski definition) is 1. The summed E-state index contributed by atoms with van der Waals surface area (Å²) in [5.41, 5.74) is 4.16. The molecule has 1 aromatic carbocycles. The van der Waals surface area contributed by atoms with E-state index in [1.54, 1.807) is 0 Å². The monoisotopic (exact) mass is 255 g/mol. The predicted molar refractivity (Wildman–Crippen MR) is 77.6 cm³/mol. The van der Waals surface area contributed by atoms with Gasteiger partial charge < -0.3 is 9.88 Å². The van der Waals surface area contributed by atoms with E-state index < -0.39 is 0 Å². The van der Waals surface area contributed by atoms with E-state index in [0.717, 1.165) is 25.9 Å². The van der Waals surface area contributed by atoms with E-state index in [-0.39, 0.29) is 0 Å². The van der Waals surface area contributed by atoms with Crippen molar-refractivity contribution in [2.75, 3.05) is 6.54 Å². The highest BCUT2D eigenvalue weighted by molar-refractivity contribution is 5.42.